The molecule has 14 heavy (non-hydrogen) atoms. The van der Waals surface area contributed by atoms with Gasteiger partial charge in [-0.3, -0.25) is 0 Å². The van der Waals surface area contributed by atoms with Crippen LogP contribution in [-0.4, -0.2) is 0 Å². The van der Waals surface area contributed by atoms with E-state index in [0.717, 1.165) is 12.3 Å². The summed E-state index contributed by atoms with van der Waals surface area (Å²) in [6.07, 6.45) is 17.2. The summed E-state index contributed by atoms with van der Waals surface area (Å²) in [4.78, 5) is 0. The predicted octanol–water partition coefficient (Wildman–Crippen LogP) is 4.67. The molecule has 1 aliphatic carbocycles. The molecule has 0 aromatic carbocycles. The Morgan fingerprint density at radius 3 is 2.71 bits per heavy atom. The predicted molar refractivity (Wildman–Crippen MR) is 63.1 cm³/mol. The van der Waals surface area contributed by atoms with Gasteiger partial charge in [-0.05, 0) is 30.4 Å². The SMILES string of the molecule is CCCCCCCC(C)C1=[C]CC=C1. The van der Waals surface area contributed by atoms with Crippen LogP contribution in [0.4, 0.5) is 0 Å². The van der Waals surface area contributed by atoms with E-state index in [4.69, 9.17) is 0 Å². The fourth-order valence-electron chi connectivity index (χ4n) is 1.97. The Morgan fingerprint density at radius 2 is 2.07 bits per heavy atom. The van der Waals surface area contributed by atoms with Gasteiger partial charge in [-0.2, -0.15) is 0 Å². The summed E-state index contributed by atoms with van der Waals surface area (Å²) in [6, 6.07) is 0. The maximum atomic E-state index is 3.41. The minimum Gasteiger partial charge on any atom is -0.0798 e. The van der Waals surface area contributed by atoms with E-state index in [0.29, 0.717) is 0 Å². The normalized spacial score (nSPS) is 17.1. The maximum Gasteiger partial charge on any atom is -0.00884 e. The van der Waals surface area contributed by atoms with Gasteiger partial charge in [-0.1, -0.05) is 58.1 Å². The van der Waals surface area contributed by atoms with Crippen molar-refractivity contribution in [1.29, 1.82) is 0 Å². The first-order valence-electron chi connectivity index (χ1n) is 6.12. The molecule has 0 heteroatoms. The molecule has 1 radical (unpaired) electrons. The van der Waals surface area contributed by atoms with Gasteiger partial charge in [0, 0.05) is 0 Å². The van der Waals surface area contributed by atoms with Crippen molar-refractivity contribution in [3.8, 4) is 0 Å². The molecule has 1 unspecified atom stereocenters. The molecule has 0 saturated heterocycles. The molecule has 0 spiro atoms. The maximum absolute atomic E-state index is 3.41. The number of allylic oxidation sites excluding steroid dienone is 4. The van der Waals surface area contributed by atoms with Gasteiger partial charge in [-0.15, -0.1) is 0 Å². The highest BCUT2D eigenvalue weighted by molar-refractivity contribution is 5.24. The minimum atomic E-state index is 0.732. The summed E-state index contributed by atoms with van der Waals surface area (Å²) in [7, 11) is 0. The second-order valence-electron chi connectivity index (χ2n) is 4.34. The van der Waals surface area contributed by atoms with Gasteiger partial charge in [0.1, 0.15) is 0 Å². The molecule has 0 N–H and O–H groups in total. The molecule has 0 aliphatic heterocycles. The van der Waals surface area contributed by atoms with Gasteiger partial charge in [-0.25, -0.2) is 0 Å². The zero-order chi connectivity index (χ0) is 10.2. The molecule has 0 fully saturated rings. The van der Waals surface area contributed by atoms with Crippen LogP contribution in [0, 0.1) is 12.0 Å². The van der Waals surface area contributed by atoms with E-state index >= 15 is 0 Å². The van der Waals surface area contributed by atoms with Crippen molar-refractivity contribution >= 4 is 0 Å². The van der Waals surface area contributed by atoms with Crippen molar-refractivity contribution in [2.24, 2.45) is 5.92 Å². The van der Waals surface area contributed by atoms with Crippen molar-refractivity contribution in [2.75, 3.05) is 0 Å². The van der Waals surface area contributed by atoms with Crippen LogP contribution >= 0.6 is 0 Å². The van der Waals surface area contributed by atoms with E-state index in [1.807, 2.05) is 0 Å². The smallest absolute Gasteiger partial charge is 0.00884 e. The van der Waals surface area contributed by atoms with Gasteiger partial charge in [0.25, 0.3) is 0 Å². The van der Waals surface area contributed by atoms with Crippen molar-refractivity contribution < 1.29 is 0 Å². The van der Waals surface area contributed by atoms with E-state index in [1.165, 1.54) is 44.1 Å². The highest BCUT2D eigenvalue weighted by atomic mass is 14.1. The second-order valence-corrected chi connectivity index (χ2v) is 4.34. The Bertz CT molecular complexity index is 198. The standard InChI is InChI=1S/C14H23/c1-3-4-5-6-7-10-13(2)14-11-8-9-12-14/h8,11,13H,3-7,9-10H2,1-2H3. The molecule has 79 valence electrons. The van der Waals surface area contributed by atoms with Gasteiger partial charge < -0.3 is 0 Å². The van der Waals surface area contributed by atoms with Crippen LogP contribution < -0.4 is 0 Å². The Kier molecular flexibility index (Phi) is 5.66. The third-order valence-electron chi connectivity index (χ3n) is 2.99. The van der Waals surface area contributed by atoms with E-state index in [-0.39, 0.29) is 0 Å². The van der Waals surface area contributed by atoms with Crippen LogP contribution in [0.15, 0.2) is 17.7 Å². The largest absolute Gasteiger partial charge is 0.0798 e. The average molecular weight is 191 g/mol. The molecule has 0 heterocycles. The molecular weight excluding hydrogens is 168 g/mol. The minimum absolute atomic E-state index is 0.732. The Morgan fingerprint density at radius 1 is 1.29 bits per heavy atom. The number of hydrogen-bond donors (Lipinski definition) is 0. The molecule has 0 amide bonds. The molecule has 0 aromatic rings. The zero-order valence-corrected chi connectivity index (χ0v) is 9.68. The van der Waals surface area contributed by atoms with E-state index in [9.17, 15) is 0 Å². The molecule has 1 atom stereocenters. The highest BCUT2D eigenvalue weighted by Crippen LogP contribution is 2.22. The van der Waals surface area contributed by atoms with Crippen molar-refractivity contribution in [2.45, 2.75) is 58.8 Å². The fourth-order valence-corrected chi connectivity index (χ4v) is 1.97. The summed E-state index contributed by atoms with van der Waals surface area (Å²) >= 11 is 0. The summed E-state index contributed by atoms with van der Waals surface area (Å²) in [6.45, 7) is 4.60. The van der Waals surface area contributed by atoms with Crippen LogP contribution in [0.3, 0.4) is 0 Å². The number of unbranched alkanes of at least 4 members (excludes halogenated alkanes) is 4. The van der Waals surface area contributed by atoms with Crippen LogP contribution in [0.5, 0.6) is 0 Å². The third kappa shape index (κ3) is 4.13. The van der Waals surface area contributed by atoms with E-state index in [1.54, 1.807) is 0 Å². The molecular formula is C14H23. The van der Waals surface area contributed by atoms with Gasteiger partial charge in [0.05, 0.1) is 0 Å². The van der Waals surface area contributed by atoms with E-state index < -0.39 is 0 Å². The first-order valence-corrected chi connectivity index (χ1v) is 6.12. The van der Waals surface area contributed by atoms with Crippen molar-refractivity contribution in [3.63, 3.8) is 0 Å². The van der Waals surface area contributed by atoms with Gasteiger partial charge >= 0.3 is 0 Å². The zero-order valence-electron chi connectivity index (χ0n) is 9.68. The molecule has 0 aromatic heterocycles. The number of hydrogen-bond acceptors (Lipinski definition) is 0. The Balaban J connectivity index is 2.03. The topological polar surface area (TPSA) is 0 Å². The summed E-state index contributed by atoms with van der Waals surface area (Å²) in [5, 5.41) is 0. The van der Waals surface area contributed by atoms with E-state index in [2.05, 4.69) is 32.1 Å². The molecule has 1 rings (SSSR count). The summed E-state index contributed by atoms with van der Waals surface area (Å²) in [5.41, 5.74) is 1.44. The first kappa shape index (κ1) is 11.6. The summed E-state index contributed by atoms with van der Waals surface area (Å²) < 4.78 is 0. The first-order chi connectivity index (χ1) is 6.84. The Labute approximate surface area is 89.1 Å². The highest BCUT2D eigenvalue weighted by Gasteiger charge is 2.07. The van der Waals surface area contributed by atoms with Crippen LogP contribution in [0.1, 0.15) is 58.8 Å². The lowest BCUT2D eigenvalue weighted by molar-refractivity contribution is 0.539. The molecule has 0 bridgehead atoms. The lowest BCUT2D eigenvalue weighted by Crippen LogP contribution is -1.96. The lowest BCUT2D eigenvalue weighted by atomic mass is 9.95. The molecule has 0 nitrogen and oxygen atoms in total. The van der Waals surface area contributed by atoms with Gasteiger partial charge in [0.2, 0.25) is 0 Å². The Hall–Kier alpha value is -0.520. The quantitative estimate of drug-likeness (QED) is 0.513. The molecule has 0 saturated carbocycles. The lowest BCUT2D eigenvalue weighted by Gasteiger charge is -2.10. The summed E-state index contributed by atoms with van der Waals surface area (Å²) in [5.74, 6) is 0.732. The van der Waals surface area contributed by atoms with Crippen molar-refractivity contribution in [3.05, 3.63) is 23.8 Å². The third-order valence-corrected chi connectivity index (χ3v) is 2.99. The monoisotopic (exact) mass is 191 g/mol. The number of rotatable bonds is 7. The van der Waals surface area contributed by atoms with Crippen LogP contribution in [0.2, 0.25) is 0 Å². The molecule has 1 aliphatic rings. The fraction of sp³-hybridized carbons (Fsp3) is 0.714. The second kappa shape index (κ2) is 6.86. The van der Waals surface area contributed by atoms with Crippen LogP contribution in [0.25, 0.3) is 0 Å². The average Bonchev–Trinajstić information content (AvgIpc) is 2.70. The van der Waals surface area contributed by atoms with Gasteiger partial charge in [0.15, 0.2) is 0 Å². The van der Waals surface area contributed by atoms with Crippen molar-refractivity contribution in [1.82, 2.24) is 0 Å². The van der Waals surface area contributed by atoms with Crippen LogP contribution in [-0.2, 0) is 0 Å².